The van der Waals surface area contributed by atoms with E-state index in [9.17, 15) is 4.79 Å². The molecule has 128 valence electrons. The molecule has 1 heterocycles. The van der Waals surface area contributed by atoms with Crippen molar-refractivity contribution in [1.82, 2.24) is 0 Å². The lowest BCUT2D eigenvalue weighted by molar-refractivity contribution is -0.124. The third-order valence-electron chi connectivity index (χ3n) is 4.32. The quantitative estimate of drug-likeness (QED) is 0.907. The third kappa shape index (κ3) is 4.17. The molecule has 3 rings (SSSR count). The van der Waals surface area contributed by atoms with Gasteiger partial charge in [0.2, 0.25) is 5.91 Å². The summed E-state index contributed by atoms with van der Waals surface area (Å²) in [5, 5.41) is 11.9. The number of hydrogen-bond acceptors (Lipinski definition) is 4. The SMILES string of the molecule is C[C@@]1(C(=O)Nc2cccc(OCc3cccc(C#N)c3)c2)CCOC1. The van der Waals surface area contributed by atoms with Gasteiger partial charge in [-0.3, -0.25) is 4.79 Å². The molecule has 1 N–H and O–H groups in total. The summed E-state index contributed by atoms with van der Waals surface area (Å²) in [5.74, 6) is 0.622. The Kier molecular flexibility index (Phi) is 5.01. The van der Waals surface area contributed by atoms with E-state index in [-0.39, 0.29) is 5.91 Å². The minimum atomic E-state index is -0.478. The molecule has 1 saturated heterocycles. The highest BCUT2D eigenvalue weighted by Crippen LogP contribution is 2.30. The van der Waals surface area contributed by atoms with Gasteiger partial charge in [0.05, 0.1) is 23.7 Å². The summed E-state index contributed by atoms with van der Waals surface area (Å²) in [6.07, 6.45) is 0.726. The molecule has 1 fully saturated rings. The molecule has 0 aromatic heterocycles. The second-order valence-corrected chi connectivity index (χ2v) is 6.45. The molecule has 1 aliphatic rings. The van der Waals surface area contributed by atoms with Crippen LogP contribution in [-0.2, 0) is 16.1 Å². The van der Waals surface area contributed by atoms with Gasteiger partial charge in [0.15, 0.2) is 0 Å². The molecule has 0 saturated carbocycles. The maximum Gasteiger partial charge on any atom is 0.232 e. The van der Waals surface area contributed by atoms with Gasteiger partial charge in [-0.2, -0.15) is 5.26 Å². The first kappa shape index (κ1) is 17.0. The number of anilines is 1. The molecular weight excluding hydrogens is 316 g/mol. The zero-order valence-corrected chi connectivity index (χ0v) is 14.1. The van der Waals surface area contributed by atoms with Gasteiger partial charge in [-0.25, -0.2) is 0 Å². The number of nitriles is 1. The van der Waals surface area contributed by atoms with Crippen molar-refractivity contribution in [3.63, 3.8) is 0 Å². The summed E-state index contributed by atoms with van der Waals surface area (Å²) in [6, 6.07) is 16.7. The van der Waals surface area contributed by atoms with Gasteiger partial charge in [0.1, 0.15) is 12.4 Å². The van der Waals surface area contributed by atoms with E-state index < -0.39 is 5.41 Å². The lowest BCUT2D eigenvalue weighted by Gasteiger charge is -2.20. The van der Waals surface area contributed by atoms with Gasteiger partial charge in [-0.05, 0) is 43.2 Å². The fraction of sp³-hybridized carbons (Fsp3) is 0.300. The van der Waals surface area contributed by atoms with Gasteiger partial charge < -0.3 is 14.8 Å². The van der Waals surface area contributed by atoms with E-state index in [1.165, 1.54) is 0 Å². The number of nitrogens with zero attached hydrogens (tertiary/aromatic N) is 1. The van der Waals surface area contributed by atoms with Crippen LogP contribution in [0.2, 0.25) is 0 Å². The highest BCUT2D eigenvalue weighted by molar-refractivity contribution is 5.95. The lowest BCUT2D eigenvalue weighted by atomic mass is 9.89. The highest BCUT2D eigenvalue weighted by atomic mass is 16.5. The van der Waals surface area contributed by atoms with Crippen LogP contribution in [0.1, 0.15) is 24.5 Å². The van der Waals surface area contributed by atoms with Crippen LogP contribution >= 0.6 is 0 Å². The second kappa shape index (κ2) is 7.37. The maximum absolute atomic E-state index is 12.4. The van der Waals surface area contributed by atoms with Crippen molar-refractivity contribution in [1.29, 1.82) is 5.26 Å². The Morgan fingerprint density at radius 3 is 2.92 bits per heavy atom. The van der Waals surface area contributed by atoms with E-state index >= 15 is 0 Å². The number of rotatable bonds is 5. The van der Waals surface area contributed by atoms with Gasteiger partial charge in [0, 0.05) is 18.4 Å². The first-order valence-electron chi connectivity index (χ1n) is 8.20. The molecule has 5 heteroatoms. The predicted octanol–water partition coefficient (Wildman–Crippen LogP) is 3.50. The van der Waals surface area contributed by atoms with Crippen LogP contribution in [0.25, 0.3) is 0 Å². The average molecular weight is 336 g/mol. The highest BCUT2D eigenvalue weighted by Gasteiger charge is 2.37. The largest absolute Gasteiger partial charge is 0.489 e. The Morgan fingerprint density at radius 2 is 2.16 bits per heavy atom. The monoisotopic (exact) mass is 336 g/mol. The zero-order chi connectivity index (χ0) is 17.7. The van der Waals surface area contributed by atoms with Crippen molar-refractivity contribution in [3.05, 3.63) is 59.7 Å². The molecule has 2 aromatic rings. The average Bonchev–Trinajstić information content (AvgIpc) is 3.08. The Morgan fingerprint density at radius 1 is 1.32 bits per heavy atom. The van der Waals surface area contributed by atoms with Crippen molar-refractivity contribution < 1.29 is 14.3 Å². The third-order valence-corrected chi connectivity index (χ3v) is 4.32. The van der Waals surface area contributed by atoms with E-state index in [0.29, 0.717) is 36.8 Å². The van der Waals surface area contributed by atoms with Crippen LogP contribution in [0.4, 0.5) is 5.69 Å². The lowest BCUT2D eigenvalue weighted by Crippen LogP contribution is -2.33. The fourth-order valence-electron chi connectivity index (χ4n) is 2.69. The Labute approximate surface area is 147 Å². The normalized spacial score (nSPS) is 19.2. The second-order valence-electron chi connectivity index (χ2n) is 6.45. The smallest absolute Gasteiger partial charge is 0.232 e. The van der Waals surface area contributed by atoms with Crippen LogP contribution in [0.3, 0.4) is 0 Å². The fourth-order valence-corrected chi connectivity index (χ4v) is 2.69. The Balaban J connectivity index is 1.63. The maximum atomic E-state index is 12.4. The molecule has 0 bridgehead atoms. The first-order chi connectivity index (χ1) is 12.1. The molecule has 0 aliphatic carbocycles. The summed E-state index contributed by atoms with van der Waals surface area (Å²) in [5.41, 5.74) is 1.74. The number of amides is 1. The Bertz CT molecular complexity index is 805. The molecule has 0 spiro atoms. The number of ether oxygens (including phenoxy) is 2. The van der Waals surface area contributed by atoms with Gasteiger partial charge in [-0.15, -0.1) is 0 Å². The molecule has 2 aromatic carbocycles. The van der Waals surface area contributed by atoms with Crippen molar-refractivity contribution in [2.75, 3.05) is 18.5 Å². The number of hydrogen-bond donors (Lipinski definition) is 1. The minimum absolute atomic E-state index is 0.0381. The van der Waals surface area contributed by atoms with Gasteiger partial charge in [0.25, 0.3) is 0 Å². The summed E-state index contributed by atoms with van der Waals surface area (Å²) in [6.45, 7) is 3.34. The van der Waals surface area contributed by atoms with Gasteiger partial charge in [-0.1, -0.05) is 18.2 Å². The predicted molar refractivity (Wildman–Crippen MR) is 94.1 cm³/mol. The Hall–Kier alpha value is -2.84. The molecule has 1 atom stereocenters. The van der Waals surface area contributed by atoms with E-state index in [2.05, 4.69) is 11.4 Å². The summed E-state index contributed by atoms with van der Waals surface area (Å²) in [7, 11) is 0. The van der Waals surface area contributed by atoms with E-state index in [4.69, 9.17) is 14.7 Å². The molecule has 0 unspecified atom stereocenters. The summed E-state index contributed by atoms with van der Waals surface area (Å²) < 4.78 is 11.1. The molecule has 25 heavy (non-hydrogen) atoms. The van der Waals surface area contributed by atoms with Crippen LogP contribution in [0.15, 0.2) is 48.5 Å². The molecule has 1 amide bonds. The number of benzene rings is 2. The zero-order valence-electron chi connectivity index (χ0n) is 14.1. The van der Waals surface area contributed by atoms with Crippen LogP contribution in [0.5, 0.6) is 5.75 Å². The number of nitrogens with one attached hydrogen (secondary N) is 1. The summed E-state index contributed by atoms with van der Waals surface area (Å²) in [4.78, 5) is 12.4. The first-order valence-corrected chi connectivity index (χ1v) is 8.20. The summed E-state index contributed by atoms with van der Waals surface area (Å²) >= 11 is 0. The standard InChI is InChI=1S/C20H20N2O3/c1-20(8-9-24-14-20)19(23)22-17-6-3-7-18(11-17)25-13-16-5-2-4-15(10-16)12-21/h2-7,10-11H,8-9,13-14H2,1H3,(H,22,23)/t20-/m1/s1. The molecular formula is C20H20N2O3. The van der Waals surface area contributed by atoms with Crippen molar-refractivity contribution in [2.45, 2.75) is 20.0 Å². The van der Waals surface area contributed by atoms with Crippen LogP contribution in [-0.4, -0.2) is 19.1 Å². The van der Waals surface area contributed by atoms with E-state index in [1.807, 2.05) is 37.3 Å². The van der Waals surface area contributed by atoms with Crippen molar-refractivity contribution in [3.8, 4) is 11.8 Å². The van der Waals surface area contributed by atoms with E-state index in [0.717, 1.165) is 12.0 Å². The molecule has 5 nitrogen and oxygen atoms in total. The van der Waals surface area contributed by atoms with Crippen LogP contribution in [0, 0.1) is 16.7 Å². The molecule has 1 aliphatic heterocycles. The van der Waals surface area contributed by atoms with Crippen molar-refractivity contribution >= 4 is 11.6 Å². The number of carbonyl (C=O) groups excluding carboxylic acids is 1. The number of carbonyl (C=O) groups is 1. The van der Waals surface area contributed by atoms with Crippen molar-refractivity contribution in [2.24, 2.45) is 5.41 Å². The van der Waals surface area contributed by atoms with Gasteiger partial charge >= 0.3 is 0 Å². The molecule has 0 radical (unpaired) electrons. The van der Waals surface area contributed by atoms with E-state index in [1.54, 1.807) is 18.2 Å². The van der Waals surface area contributed by atoms with Crippen LogP contribution < -0.4 is 10.1 Å². The minimum Gasteiger partial charge on any atom is -0.489 e. The topological polar surface area (TPSA) is 71.3 Å².